The number of nitrogens with one attached hydrogen (secondary N) is 1. The second kappa shape index (κ2) is 7.58. The van der Waals surface area contributed by atoms with Gasteiger partial charge in [-0.25, -0.2) is 0 Å². The van der Waals surface area contributed by atoms with Gasteiger partial charge < -0.3 is 20.1 Å². The van der Waals surface area contributed by atoms with E-state index < -0.39 is 0 Å². The number of aromatic hydroxyl groups is 1. The molecule has 0 spiro atoms. The molecule has 7 heteroatoms. The van der Waals surface area contributed by atoms with Gasteiger partial charge in [-0.1, -0.05) is 0 Å². The van der Waals surface area contributed by atoms with Crippen molar-refractivity contribution in [3.05, 3.63) is 26.6 Å². The first kappa shape index (κ1) is 16.7. The molecule has 0 bridgehead atoms. The van der Waals surface area contributed by atoms with Gasteiger partial charge in [0.05, 0.1) is 28.2 Å². The Hall–Kier alpha value is -0.630. The van der Waals surface area contributed by atoms with Crippen LogP contribution >= 0.6 is 31.9 Å². The van der Waals surface area contributed by atoms with Crippen molar-refractivity contribution in [3.63, 3.8) is 0 Å². The monoisotopic (exact) mass is 420 g/mol. The van der Waals surface area contributed by atoms with Gasteiger partial charge in [0, 0.05) is 19.6 Å². The molecular formula is C14H18Br2N2O3. The van der Waals surface area contributed by atoms with Crippen LogP contribution in [0.15, 0.2) is 21.1 Å². The fourth-order valence-corrected chi connectivity index (χ4v) is 3.42. The van der Waals surface area contributed by atoms with Crippen molar-refractivity contribution in [1.82, 2.24) is 10.2 Å². The number of ether oxygens (including phenoxy) is 1. The summed E-state index contributed by atoms with van der Waals surface area (Å²) >= 11 is 6.60. The average Bonchev–Trinajstić information content (AvgIpc) is 2.50. The van der Waals surface area contributed by atoms with Crippen LogP contribution in [0.3, 0.4) is 0 Å². The summed E-state index contributed by atoms with van der Waals surface area (Å²) in [5.74, 6) is 0.270. The smallest absolute Gasteiger partial charge is 0.239 e. The Labute approximate surface area is 140 Å². The van der Waals surface area contributed by atoms with Gasteiger partial charge in [0.1, 0.15) is 5.75 Å². The van der Waals surface area contributed by atoms with E-state index in [1.165, 1.54) is 0 Å². The van der Waals surface area contributed by atoms with Gasteiger partial charge in [-0.15, -0.1) is 0 Å². The molecule has 1 aliphatic rings. The number of phenols is 1. The molecule has 0 saturated carbocycles. The van der Waals surface area contributed by atoms with Crippen molar-refractivity contribution in [1.29, 1.82) is 0 Å². The van der Waals surface area contributed by atoms with Crippen molar-refractivity contribution in [2.45, 2.75) is 19.5 Å². The third kappa shape index (κ3) is 4.42. The van der Waals surface area contributed by atoms with Crippen LogP contribution in [0.4, 0.5) is 0 Å². The largest absolute Gasteiger partial charge is 0.506 e. The Morgan fingerprint density at radius 3 is 2.52 bits per heavy atom. The molecule has 0 aromatic heterocycles. The number of morpholine rings is 1. The molecule has 1 heterocycles. The van der Waals surface area contributed by atoms with Crippen molar-refractivity contribution in [2.75, 3.05) is 26.3 Å². The lowest BCUT2D eigenvalue weighted by Gasteiger charge is -2.29. The Morgan fingerprint density at radius 2 is 1.95 bits per heavy atom. The maximum Gasteiger partial charge on any atom is 0.239 e. The average molecular weight is 422 g/mol. The molecule has 1 aromatic rings. The SMILES string of the molecule is CC(NCc1cc(Br)c(O)c(Br)c1)C(=O)N1CCOCC1. The van der Waals surface area contributed by atoms with Crippen LogP contribution in [-0.2, 0) is 16.1 Å². The predicted octanol–water partition coefficient (Wildman–Crippen LogP) is 2.25. The molecule has 5 nitrogen and oxygen atoms in total. The van der Waals surface area contributed by atoms with Gasteiger partial charge in [-0.3, -0.25) is 4.79 Å². The predicted molar refractivity (Wildman–Crippen MR) is 87.2 cm³/mol. The molecule has 1 atom stereocenters. The normalized spacial score (nSPS) is 16.8. The first-order valence-corrected chi connectivity index (χ1v) is 8.34. The molecule has 1 unspecified atom stereocenters. The van der Waals surface area contributed by atoms with E-state index in [0.29, 0.717) is 41.8 Å². The summed E-state index contributed by atoms with van der Waals surface area (Å²) in [7, 11) is 0. The summed E-state index contributed by atoms with van der Waals surface area (Å²) < 4.78 is 6.50. The van der Waals surface area contributed by atoms with E-state index in [1.54, 1.807) is 0 Å². The summed E-state index contributed by atoms with van der Waals surface area (Å²) in [5.41, 5.74) is 0.980. The molecule has 0 aliphatic carbocycles. The molecule has 21 heavy (non-hydrogen) atoms. The van der Waals surface area contributed by atoms with Gasteiger partial charge in [-0.2, -0.15) is 0 Å². The Kier molecular flexibility index (Phi) is 6.04. The summed E-state index contributed by atoms with van der Waals surface area (Å²) in [6.07, 6.45) is 0. The van der Waals surface area contributed by atoms with Crippen LogP contribution in [0.2, 0.25) is 0 Å². The molecule has 1 fully saturated rings. The lowest BCUT2D eigenvalue weighted by molar-refractivity contribution is -0.137. The van der Waals surface area contributed by atoms with Gasteiger partial charge in [0.25, 0.3) is 0 Å². The van der Waals surface area contributed by atoms with E-state index in [2.05, 4.69) is 37.2 Å². The van der Waals surface area contributed by atoms with Crippen LogP contribution in [0.5, 0.6) is 5.75 Å². The summed E-state index contributed by atoms with van der Waals surface area (Å²) in [5, 5.41) is 12.9. The molecule has 1 amide bonds. The molecule has 2 N–H and O–H groups in total. The van der Waals surface area contributed by atoms with Gasteiger partial charge in [0.15, 0.2) is 0 Å². The van der Waals surface area contributed by atoms with Crippen LogP contribution in [0, 0.1) is 0 Å². The van der Waals surface area contributed by atoms with E-state index in [1.807, 2.05) is 24.0 Å². The Balaban J connectivity index is 1.91. The third-order valence-electron chi connectivity index (χ3n) is 3.38. The minimum atomic E-state index is -0.255. The highest BCUT2D eigenvalue weighted by molar-refractivity contribution is 9.11. The molecule has 116 valence electrons. The van der Waals surface area contributed by atoms with Crippen LogP contribution in [0.1, 0.15) is 12.5 Å². The zero-order chi connectivity index (χ0) is 15.4. The fraction of sp³-hybridized carbons (Fsp3) is 0.500. The highest BCUT2D eigenvalue weighted by Crippen LogP contribution is 2.33. The number of halogens is 2. The Morgan fingerprint density at radius 1 is 1.38 bits per heavy atom. The number of amides is 1. The summed E-state index contributed by atoms with van der Waals surface area (Å²) in [6.45, 7) is 4.94. The number of hydrogen-bond donors (Lipinski definition) is 2. The lowest BCUT2D eigenvalue weighted by atomic mass is 10.2. The second-order valence-electron chi connectivity index (χ2n) is 4.95. The van der Waals surface area contributed by atoms with E-state index in [0.717, 1.165) is 5.56 Å². The van der Waals surface area contributed by atoms with Gasteiger partial charge in [-0.05, 0) is 56.5 Å². The third-order valence-corrected chi connectivity index (χ3v) is 4.59. The van der Waals surface area contributed by atoms with Crippen molar-refractivity contribution < 1.29 is 14.6 Å². The molecular weight excluding hydrogens is 404 g/mol. The summed E-state index contributed by atoms with van der Waals surface area (Å²) in [6, 6.07) is 3.41. The van der Waals surface area contributed by atoms with E-state index in [-0.39, 0.29) is 17.7 Å². The van der Waals surface area contributed by atoms with E-state index in [9.17, 15) is 9.90 Å². The minimum Gasteiger partial charge on any atom is -0.506 e. The highest BCUT2D eigenvalue weighted by Gasteiger charge is 2.22. The number of phenolic OH excluding ortho intramolecular Hbond substituents is 1. The zero-order valence-corrected chi connectivity index (χ0v) is 14.9. The van der Waals surface area contributed by atoms with Crippen molar-refractivity contribution in [3.8, 4) is 5.75 Å². The molecule has 1 aliphatic heterocycles. The Bertz CT molecular complexity index is 496. The van der Waals surface area contributed by atoms with Crippen LogP contribution in [0.25, 0.3) is 0 Å². The number of hydrogen-bond acceptors (Lipinski definition) is 4. The first-order chi connectivity index (χ1) is 9.99. The molecule has 2 rings (SSSR count). The topological polar surface area (TPSA) is 61.8 Å². The number of nitrogens with zero attached hydrogens (tertiary/aromatic N) is 1. The molecule has 1 saturated heterocycles. The number of carbonyl (C=O) groups excluding carboxylic acids is 1. The molecule has 0 radical (unpaired) electrons. The number of benzene rings is 1. The quantitative estimate of drug-likeness (QED) is 0.782. The first-order valence-electron chi connectivity index (χ1n) is 6.76. The van der Waals surface area contributed by atoms with Gasteiger partial charge in [0.2, 0.25) is 5.91 Å². The number of carbonyl (C=O) groups is 1. The van der Waals surface area contributed by atoms with E-state index >= 15 is 0 Å². The van der Waals surface area contributed by atoms with Crippen LogP contribution < -0.4 is 5.32 Å². The lowest BCUT2D eigenvalue weighted by Crippen LogP contribution is -2.49. The van der Waals surface area contributed by atoms with E-state index in [4.69, 9.17) is 4.74 Å². The van der Waals surface area contributed by atoms with Crippen LogP contribution in [-0.4, -0.2) is 48.3 Å². The number of rotatable bonds is 4. The maximum atomic E-state index is 12.3. The fourth-order valence-electron chi connectivity index (χ4n) is 2.14. The second-order valence-corrected chi connectivity index (χ2v) is 6.66. The minimum absolute atomic E-state index is 0.0928. The van der Waals surface area contributed by atoms with Gasteiger partial charge >= 0.3 is 0 Å². The molecule has 1 aromatic carbocycles. The summed E-state index contributed by atoms with van der Waals surface area (Å²) in [4.78, 5) is 14.1. The maximum absolute atomic E-state index is 12.3. The standard InChI is InChI=1S/C14H18Br2N2O3/c1-9(14(20)18-2-4-21-5-3-18)17-8-10-6-11(15)13(19)12(16)7-10/h6-7,9,17,19H,2-5,8H2,1H3. The zero-order valence-electron chi connectivity index (χ0n) is 11.7. The van der Waals surface area contributed by atoms with Crippen molar-refractivity contribution in [2.24, 2.45) is 0 Å². The highest BCUT2D eigenvalue weighted by atomic mass is 79.9. The van der Waals surface area contributed by atoms with Crippen molar-refractivity contribution >= 4 is 37.8 Å².